The third-order valence-electron chi connectivity index (χ3n) is 3.58. The molecule has 0 aliphatic rings. The van der Waals surface area contributed by atoms with Gasteiger partial charge in [0.05, 0.1) is 5.69 Å². The zero-order chi connectivity index (χ0) is 16.8. The number of nitrogens with one attached hydrogen (secondary N) is 2. The lowest BCUT2D eigenvalue weighted by Crippen LogP contribution is -2.33. The molecule has 1 heterocycles. The first-order chi connectivity index (χ1) is 11.0. The Labute approximate surface area is 135 Å². The minimum atomic E-state index is -0.0145. The first kappa shape index (κ1) is 17.0. The molecule has 2 N–H and O–H groups in total. The van der Waals surface area contributed by atoms with Crippen molar-refractivity contribution in [2.45, 2.75) is 13.8 Å². The van der Waals surface area contributed by atoms with Crippen LogP contribution in [0, 0.1) is 0 Å². The summed E-state index contributed by atoms with van der Waals surface area (Å²) in [5.41, 5.74) is 1.53. The quantitative estimate of drug-likeness (QED) is 0.728. The molecule has 0 aliphatic heterocycles. The fourth-order valence-electron chi connectivity index (χ4n) is 2.24. The number of hydrogen-bond donors (Lipinski definition) is 2. The number of aromatic nitrogens is 1. The summed E-state index contributed by atoms with van der Waals surface area (Å²) in [7, 11) is 1.99. The summed E-state index contributed by atoms with van der Waals surface area (Å²) in [5.74, 6) is 0.783. The normalized spacial score (nSPS) is 11.0. The Morgan fingerprint density at radius 1 is 1.22 bits per heavy atom. The lowest BCUT2D eigenvalue weighted by Gasteiger charge is -2.17. The molecule has 0 saturated carbocycles. The molecule has 6 heteroatoms. The van der Waals surface area contributed by atoms with Gasteiger partial charge in [0.15, 0.2) is 5.78 Å². The average molecular weight is 317 g/mol. The van der Waals surface area contributed by atoms with E-state index in [0.29, 0.717) is 18.8 Å². The number of ketones is 1. The van der Waals surface area contributed by atoms with E-state index in [2.05, 4.69) is 15.2 Å². The summed E-state index contributed by atoms with van der Waals surface area (Å²) >= 11 is 0. The van der Waals surface area contributed by atoms with Crippen molar-refractivity contribution in [3.05, 3.63) is 30.0 Å². The van der Waals surface area contributed by atoms with Crippen molar-refractivity contribution < 1.29 is 14.3 Å². The van der Waals surface area contributed by atoms with E-state index in [-0.39, 0.29) is 11.7 Å². The molecule has 0 bridgehead atoms. The minimum absolute atomic E-state index is 0.0145. The van der Waals surface area contributed by atoms with Gasteiger partial charge >= 0.3 is 0 Å². The molecule has 0 radical (unpaired) electrons. The highest BCUT2D eigenvalue weighted by molar-refractivity contribution is 5.98. The Morgan fingerprint density at radius 2 is 2.00 bits per heavy atom. The van der Waals surface area contributed by atoms with Crippen molar-refractivity contribution in [1.29, 1.82) is 0 Å². The Kier molecular flexibility index (Phi) is 5.76. The fourth-order valence-corrected chi connectivity index (χ4v) is 2.24. The van der Waals surface area contributed by atoms with Crippen LogP contribution in [0.3, 0.4) is 0 Å². The monoisotopic (exact) mass is 317 g/mol. The van der Waals surface area contributed by atoms with Crippen molar-refractivity contribution in [3.8, 4) is 5.75 Å². The number of Topliss-reactive ketones (excluding diaryl/α,β-unsaturated/α-hetero) is 1. The Balaban J connectivity index is 1.82. The molecule has 0 unspecified atom stereocenters. The summed E-state index contributed by atoms with van der Waals surface area (Å²) in [6.07, 6.45) is 0. The van der Waals surface area contributed by atoms with Gasteiger partial charge in [-0.25, -0.2) is 0 Å². The molecular weight excluding hydrogens is 294 g/mol. The lowest BCUT2D eigenvalue weighted by atomic mass is 10.2. The molecule has 2 aromatic rings. The van der Waals surface area contributed by atoms with E-state index in [1.54, 1.807) is 6.92 Å². The maximum absolute atomic E-state index is 11.4. The summed E-state index contributed by atoms with van der Waals surface area (Å²) in [4.78, 5) is 27.4. The molecule has 1 amide bonds. The topological polar surface area (TPSA) is 74.4 Å². The van der Waals surface area contributed by atoms with Gasteiger partial charge < -0.3 is 19.9 Å². The van der Waals surface area contributed by atoms with Crippen molar-refractivity contribution >= 4 is 22.6 Å². The highest BCUT2D eigenvalue weighted by Crippen LogP contribution is 2.21. The minimum Gasteiger partial charge on any atom is -0.492 e. The highest BCUT2D eigenvalue weighted by Gasteiger charge is 2.06. The number of amides is 1. The van der Waals surface area contributed by atoms with Crippen molar-refractivity contribution in [1.82, 2.24) is 15.2 Å². The zero-order valence-electron chi connectivity index (χ0n) is 13.8. The molecule has 124 valence electrons. The third-order valence-corrected chi connectivity index (χ3v) is 3.58. The molecule has 2 rings (SSSR count). The molecule has 0 fully saturated rings. The van der Waals surface area contributed by atoms with Gasteiger partial charge in [-0.2, -0.15) is 0 Å². The van der Waals surface area contributed by atoms with E-state index in [9.17, 15) is 9.59 Å². The number of aromatic amines is 1. The first-order valence-corrected chi connectivity index (χ1v) is 7.65. The van der Waals surface area contributed by atoms with E-state index in [1.807, 2.05) is 31.3 Å². The number of H-pyrrole nitrogens is 1. The average Bonchev–Trinajstić information content (AvgIpc) is 2.90. The molecule has 0 saturated heterocycles. The van der Waals surface area contributed by atoms with E-state index in [4.69, 9.17) is 4.74 Å². The van der Waals surface area contributed by atoms with Gasteiger partial charge in [-0.15, -0.1) is 0 Å². The van der Waals surface area contributed by atoms with E-state index in [1.165, 1.54) is 6.92 Å². The van der Waals surface area contributed by atoms with Crippen LogP contribution in [0.15, 0.2) is 24.3 Å². The number of hydrogen-bond acceptors (Lipinski definition) is 4. The van der Waals surface area contributed by atoms with Crippen molar-refractivity contribution in [2.75, 3.05) is 33.3 Å². The Hall–Kier alpha value is -2.34. The number of likely N-dealkylation sites (N-methyl/N-ethyl adjacent to an activating group) is 1. The second-order valence-corrected chi connectivity index (χ2v) is 5.62. The maximum atomic E-state index is 11.4. The highest BCUT2D eigenvalue weighted by atomic mass is 16.5. The smallest absolute Gasteiger partial charge is 0.216 e. The lowest BCUT2D eigenvalue weighted by molar-refractivity contribution is -0.119. The van der Waals surface area contributed by atoms with Crippen LogP contribution in [0.25, 0.3) is 10.9 Å². The van der Waals surface area contributed by atoms with Gasteiger partial charge in [0.2, 0.25) is 5.91 Å². The number of ether oxygens (including phenoxy) is 1. The molecule has 1 aromatic heterocycles. The predicted molar refractivity (Wildman–Crippen MR) is 90.0 cm³/mol. The Bertz CT molecular complexity index is 693. The molecule has 0 atom stereocenters. The fraction of sp³-hybridized carbons (Fsp3) is 0.412. The summed E-state index contributed by atoms with van der Waals surface area (Å²) < 4.78 is 5.75. The molecule has 0 aliphatic carbocycles. The van der Waals surface area contributed by atoms with Crippen LogP contribution in [0.1, 0.15) is 24.3 Å². The first-order valence-electron chi connectivity index (χ1n) is 7.65. The van der Waals surface area contributed by atoms with Crippen LogP contribution in [0.5, 0.6) is 5.75 Å². The SMILES string of the molecule is CC(=O)NCCN(C)CCOc1ccc2[nH]c(C(C)=O)cc2c1. The number of fused-ring (bicyclic) bond motifs is 1. The molecule has 1 aromatic carbocycles. The van der Waals surface area contributed by atoms with Gasteiger partial charge in [-0.05, 0) is 31.3 Å². The maximum Gasteiger partial charge on any atom is 0.216 e. The van der Waals surface area contributed by atoms with Crippen LogP contribution in [-0.2, 0) is 4.79 Å². The molecule has 0 spiro atoms. The van der Waals surface area contributed by atoms with E-state index >= 15 is 0 Å². The number of benzene rings is 1. The Morgan fingerprint density at radius 3 is 2.70 bits per heavy atom. The summed E-state index contributed by atoms with van der Waals surface area (Å²) in [6.45, 7) is 5.79. The number of carbonyl (C=O) groups excluding carboxylic acids is 2. The van der Waals surface area contributed by atoms with Crippen molar-refractivity contribution in [2.24, 2.45) is 0 Å². The zero-order valence-corrected chi connectivity index (χ0v) is 13.8. The second kappa shape index (κ2) is 7.78. The van der Waals surface area contributed by atoms with Gasteiger partial charge in [0.1, 0.15) is 12.4 Å². The standard InChI is InChI=1S/C17H23N3O3/c1-12(21)17-11-14-10-15(4-5-16(14)19-17)23-9-8-20(3)7-6-18-13(2)22/h4-5,10-11,19H,6-9H2,1-3H3,(H,18,22). The molecule has 23 heavy (non-hydrogen) atoms. The van der Waals surface area contributed by atoms with Crippen LogP contribution >= 0.6 is 0 Å². The third kappa shape index (κ3) is 5.10. The predicted octanol–water partition coefficient (Wildman–Crippen LogP) is 1.82. The van der Waals surface area contributed by atoms with Crippen LogP contribution < -0.4 is 10.1 Å². The number of rotatable bonds is 8. The molecule has 6 nitrogen and oxygen atoms in total. The van der Waals surface area contributed by atoms with Gasteiger partial charge in [0.25, 0.3) is 0 Å². The van der Waals surface area contributed by atoms with Crippen molar-refractivity contribution in [3.63, 3.8) is 0 Å². The van der Waals surface area contributed by atoms with Gasteiger partial charge in [0, 0.05) is 44.4 Å². The number of carbonyl (C=O) groups is 2. The molecular formula is C17H23N3O3. The van der Waals surface area contributed by atoms with Gasteiger partial charge in [-0.3, -0.25) is 9.59 Å². The van der Waals surface area contributed by atoms with Crippen LogP contribution in [0.2, 0.25) is 0 Å². The summed E-state index contributed by atoms with van der Waals surface area (Å²) in [6, 6.07) is 7.57. The largest absolute Gasteiger partial charge is 0.492 e. The van der Waals surface area contributed by atoms with Crippen LogP contribution in [-0.4, -0.2) is 54.9 Å². The summed E-state index contributed by atoms with van der Waals surface area (Å²) in [5, 5.41) is 3.73. The van der Waals surface area contributed by atoms with E-state index in [0.717, 1.165) is 29.7 Å². The van der Waals surface area contributed by atoms with Gasteiger partial charge in [-0.1, -0.05) is 0 Å². The van der Waals surface area contributed by atoms with Crippen LogP contribution in [0.4, 0.5) is 0 Å². The number of nitrogens with zero attached hydrogens (tertiary/aromatic N) is 1. The second-order valence-electron chi connectivity index (χ2n) is 5.62. The van der Waals surface area contributed by atoms with E-state index < -0.39 is 0 Å².